The molecule has 1 heterocycles. The van der Waals surface area contributed by atoms with Crippen LogP contribution in [0.1, 0.15) is 50.1 Å². The number of benzene rings is 10. The minimum Gasteiger partial charge on any atom is -0.455 e. The molecular weight excluding hydrogens is 877 g/mol. The standard InChI is InChI=1S/C67H50N4O/c1-48(72-62-35-21-20-34-61(62)68)49-36-38-50(39-37-49)63-69-64(51-40-44-59(45-41-51)66(53-22-8-2-9-23-53,54-24-10-3-11-25-54)55-26-12-4-13-27-55)71-65(70-63)52-42-46-60(47-43-52)67(56-28-14-5-15-29-56,57-30-16-6-17-31-57)58-32-18-7-19-33-58/h2-47H,1,68H2. The molecule has 0 aliphatic carbocycles. The molecule has 0 unspecified atom stereocenters. The van der Waals surface area contributed by atoms with E-state index in [1.807, 2.05) is 42.5 Å². The van der Waals surface area contributed by atoms with Crippen LogP contribution < -0.4 is 10.5 Å². The van der Waals surface area contributed by atoms with Gasteiger partial charge in [0.05, 0.1) is 16.5 Å². The van der Waals surface area contributed by atoms with Crippen molar-refractivity contribution in [2.24, 2.45) is 0 Å². The second-order valence-corrected chi connectivity index (χ2v) is 17.8. The minimum atomic E-state index is -0.602. The van der Waals surface area contributed by atoms with E-state index in [2.05, 4.69) is 237 Å². The van der Waals surface area contributed by atoms with Gasteiger partial charge in [0.2, 0.25) is 0 Å². The van der Waals surface area contributed by atoms with Crippen molar-refractivity contribution in [2.75, 3.05) is 5.73 Å². The highest BCUT2D eigenvalue weighted by molar-refractivity contribution is 5.71. The van der Waals surface area contributed by atoms with Gasteiger partial charge in [-0.2, -0.15) is 0 Å². The van der Waals surface area contributed by atoms with Crippen LogP contribution in [0.2, 0.25) is 0 Å². The van der Waals surface area contributed by atoms with Crippen LogP contribution in [0.15, 0.2) is 286 Å². The van der Waals surface area contributed by atoms with Gasteiger partial charge in [0, 0.05) is 22.3 Å². The largest absolute Gasteiger partial charge is 0.455 e. The molecule has 11 aromatic rings. The molecular formula is C67H50N4O. The van der Waals surface area contributed by atoms with Crippen molar-refractivity contribution in [2.45, 2.75) is 10.8 Å². The zero-order chi connectivity index (χ0) is 48.7. The van der Waals surface area contributed by atoms with Crippen LogP contribution in [-0.2, 0) is 10.8 Å². The van der Waals surface area contributed by atoms with Crippen LogP contribution in [0.3, 0.4) is 0 Å². The molecule has 0 aliphatic rings. The SMILES string of the molecule is C=C(Oc1ccccc1N)c1ccc(-c2nc(-c3ccc(C(c4ccccc4)(c4ccccc4)c4ccccc4)cc3)nc(-c3ccc(C(c4ccccc4)(c4ccccc4)c4ccccc4)cc3)n2)cc1. The van der Waals surface area contributed by atoms with Gasteiger partial charge in [0.1, 0.15) is 11.5 Å². The molecule has 0 bridgehead atoms. The van der Waals surface area contributed by atoms with Crippen LogP contribution in [0, 0.1) is 0 Å². The van der Waals surface area contributed by atoms with E-state index in [4.69, 9.17) is 25.4 Å². The van der Waals surface area contributed by atoms with Crippen molar-refractivity contribution in [3.8, 4) is 39.9 Å². The summed E-state index contributed by atoms with van der Waals surface area (Å²) in [4.78, 5) is 15.7. The fourth-order valence-electron chi connectivity index (χ4n) is 10.2. The predicted molar refractivity (Wildman–Crippen MR) is 293 cm³/mol. The first-order valence-electron chi connectivity index (χ1n) is 24.1. The molecule has 1 aromatic heterocycles. The van der Waals surface area contributed by atoms with Crippen molar-refractivity contribution in [3.63, 3.8) is 0 Å². The Balaban J connectivity index is 1.04. The molecule has 0 atom stereocenters. The minimum absolute atomic E-state index is 0.479. The van der Waals surface area contributed by atoms with Crippen LogP contribution in [-0.4, -0.2) is 15.0 Å². The third-order valence-electron chi connectivity index (χ3n) is 13.6. The van der Waals surface area contributed by atoms with Gasteiger partial charge in [-0.3, -0.25) is 0 Å². The van der Waals surface area contributed by atoms with E-state index in [9.17, 15) is 0 Å². The van der Waals surface area contributed by atoms with Gasteiger partial charge in [-0.15, -0.1) is 0 Å². The van der Waals surface area contributed by atoms with Crippen molar-refractivity contribution < 1.29 is 4.74 Å². The highest BCUT2D eigenvalue weighted by Crippen LogP contribution is 2.47. The number of anilines is 1. The molecule has 344 valence electrons. The summed E-state index contributed by atoms with van der Waals surface area (Å²) in [7, 11) is 0. The summed E-state index contributed by atoms with van der Waals surface area (Å²) in [5, 5.41) is 0. The van der Waals surface area contributed by atoms with Gasteiger partial charge in [-0.05, 0) is 56.6 Å². The Kier molecular flexibility index (Phi) is 12.4. The van der Waals surface area contributed by atoms with Crippen molar-refractivity contribution in [1.29, 1.82) is 0 Å². The second kappa shape index (κ2) is 19.9. The Morgan fingerprint density at radius 2 is 0.556 bits per heavy atom. The van der Waals surface area contributed by atoms with Crippen molar-refractivity contribution in [3.05, 3.63) is 336 Å². The number of ether oxygens (including phenoxy) is 1. The van der Waals surface area contributed by atoms with Gasteiger partial charge in [-0.1, -0.05) is 273 Å². The van der Waals surface area contributed by atoms with Crippen molar-refractivity contribution >= 4 is 11.4 Å². The van der Waals surface area contributed by atoms with Gasteiger partial charge in [0.25, 0.3) is 0 Å². The molecule has 0 saturated heterocycles. The average Bonchev–Trinajstić information content (AvgIpc) is 3.46. The number of aromatic nitrogens is 3. The molecule has 5 nitrogen and oxygen atoms in total. The maximum absolute atomic E-state index is 6.20. The van der Waals surface area contributed by atoms with Gasteiger partial charge >= 0.3 is 0 Å². The summed E-state index contributed by atoms with van der Waals surface area (Å²) < 4.78 is 6.11. The van der Waals surface area contributed by atoms with Crippen LogP contribution >= 0.6 is 0 Å². The molecule has 0 spiro atoms. The number of nitrogens with zero attached hydrogens (tertiary/aromatic N) is 3. The number of hydrogen-bond acceptors (Lipinski definition) is 5. The molecule has 0 aliphatic heterocycles. The molecule has 0 amide bonds. The first-order chi connectivity index (χ1) is 35.5. The van der Waals surface area contributed by atoms with E-state index >= 15 is 0 Å². The number of nitrogens with two attached hydrogens (primary N) is 1. The van der Waals surface area contributed by atoms with Crippen LogP contribution in [0.25, 0.3) is 39.9 Å². The maximum Gasteiger partial charge on any atom is 0.164 e. The Labute approximate surface area is 421 Å². The van der Waals surface area contributed by atoms with Crippen molar-refractivity contribution in [1.82, 2.24) is 15.0 Å². The van der Waals surface area contributed by atoms with Crippen LogP contribution in [0.4, 0.5) is 5.69 Å². The zero-order valence-corrected chi connectivity index (χ0v) is 39.6. The molecule has 0 saturated carbocycles. The van der Waals surface area contributed by atoms with Gasteiger partial charge in [-0.25, -0.2) is 15.0 Å². The molecule has 2 N–H and O–H groups in total. The normalized spacial score (nSPS) is 11.4. The third-order valence-corrected chi connectivity index (χ3v) is 13.6. The Morgan fingerprint density at radius 1 is 0.306 bits per heavy atom. The second-order valence-electron chi connectivity index (χ2n) is 17.8. The average molecular weight is 927 g/mol. The summed E-state index contributed by atoms with van der Waals surface area (Å²) >= 11 is 0. The monoisotopic (exact) mass is 926 g/mol. The summed E-state index contributed by atoms with van der Waals surface area (Å²) in [6, 6.07) is 97.2. The molecule has 0 fully saturated rings. The number of rotatable bonds is 14. The molecule has 5 heteroatoms. The smallest absolute Gasteiger partial charge is 0.164 e. The summed E-state index contributed by atoms with van der Waals surface area (Å²) in [6.45, 7) is 4.22. The molecule has 72 heavy (non-hydrogen) atoms. The highest BCUT2D eigenvalue weighted by atomic mass is 16.5. The summed E-state index contributed by atoms with van der Waals surface area (Å²) in [5.41, 5.74) is 18.1. The Hall–Kier alpha value is -9.45. The lowest BCUT2D eigenvalue weighted by molar-refractivity contribution is 0.519. The molecule has 11 rings (SSSR count). The number of para-hydroxylation sites is 2. The first-order valence-corrected chi connectivity index (χ1v) is 24.1. The lowest BCUT2D eigenvalue weighted by Gasteiger charge is -2.37. The van der Waals surface area contributed by atoms with E-state index in [0.717, 1.165) is 33.4 Å². The summed E-state index contributed by atoms with van der Waals surface area (Å²) in [6.07, 6.45) is 0. The zero-order valence-electron chi connectivity index (χ0n) is 39.6. The third kappa shape index (κ3) is 8.43. The maximum atomic E-state index is 6.20. The Morgan fingerprint density at radius 3 is 0.847 bits per heavy atom. The van der Waals surface area contributed by atoms with Gasteiger partial charge < -0.3 is 10.5 Å². The van der Waals surface area contributed by atoms with E-state index in [1.165, 1.54) is 33.4 Å². The highest BCUT2D eigenvalue weighted by Gasteiger charge is 2.39. The van der Waals surface area contributed by atoms with E-state index in [-0.39, 0.29) is 0 Å². The topological polar surface area (TPSA) is 73.9 Å². The van der Waals surface area contributed by atoms with E-state index in [1.54, 1.807) is 6.07 Å². The number of hydrogen-bond donors (Lipinski definition) is 1. The predicted octanol–water partition coefficient (Wildman–Crippen LogP) is 15.3. The quantitative estimate of drug-likeness (QED) is 0.0668. The number of nitrogen functional groups attached to an aromatic ring is 1. The lowest BCUT2D eigenvalue weighted by atomic mass is 9.65. The fourth-order valence-corrected chi connectivity index (χ4v) is 10.2. The fraction of sp³-hybridized carbons (Fsp3) is 0.0299. The van der Waals surface area contributed by atoms with Crippen LogP contribution in [0.5, 0.6) is 5.75 Å². The summed E-state index contributed by atoms with van der Waals surface area (Å²) in [5.74, 6) is 2.68. The molecule has 10 aromatic carbocycles. The first kappa shape index (κ1) is 45.0. The molecule has 0 radical (unpaired) electrons. The van der Waals surface area contributed by atoms with Gasteiger partial charge in [0.15, 0.2) is 17.5 Å². The van der Waals surface area contributed by atoms with E-state index in [0.29, 0.717) is 34.7 Å². The Bertz CT molecular complexity index is 3190. The lowest BCUT2D eigenvalue weighted by Crippen LogP contribution is -2.30. The van der Waals surface area contributed by atoms with E-state index < -0.39 is 10.8 Å².